The summed E-state index contributed by atoms with van der Waals surface area (Å²) in [5.41, 5.74) is 0.869. The molecular weight excluding hydrogens is 322 g/mol. The van der Waals surface area contributed by atoms with Gasteiger partial charge < -0.3 is 10.6 Å². The summed E-state index contributed by atoms with van der Waals surface area (Å²) in [6.45, 7) is 1.24. The fourth-order valence-corrected chi connectivity index (χ4v) is 1.86. The van der Waals surface area contributed by atoms with Gasteiger partial charge in [0.1, 0.15) is 5.82 Å². The van der Waals surface area contributed by atoms with Gasteiger partial charge in [-0.2, -0.15) is 0 Å². The normalized spacial score (nSPS) is 9.72. The molecule has 0 aliphatic rings. The van der Waals surface area contributed by atoms with Crippen LogP contribution in [0.1, 0.15) is 18.4 Å². The van der Waals surface area contributed by atoms with Crippen molar-refractivity contribution in [2.45, 2.75) is 19.4 Å². The standard InChI is InChI=1S/C12H16BrFN2O.ClH/c1-15-6-2-3-12(17)16-8-9-4-5-10(14)7-11(9)13;/h4-5,7,15H,2-3,6,8H2,1H3,(H,16,17);1H. The van der Waals surface area contributed by atoms with Gasteiger partial charge in [-0.3, -0.25) is 4.79 Å². The molecule has 0 unspecified atom stereocenters. The van der Waals surface area contributed by atoms with Crippen molar-refractivity contribution in [3.8, 4) is 0 Å². The van der Waals surface area contributed by atoms with Crippen LogP contribution in [0.5, 0.6) is 0 Å². The van der Waals surface area contributed by atoms with Crippen LogP contribution in [0.4, 0.5) is 4.39 Å². The molecule has 0 saturated carbocycles. The predicted molar refractivity (Wildman–Crippen MR) is 76.4 cm³/mol. The average molecular weight is 340 g/mol. The van der Waals surface area contributed by atoms with Crippen molar-refractivity contribution in [2.75, 3.05) is 13.6 Å². The Morgan fingerprint density at radius 3 is 2.78 bits per heavy atom. The van der Waals surface area contributed by atoms with Crippen molar-refractivity contribution in [1.82, 2.24) is 10.6 Å². The Morgan fingerprint density at radius 1 is 1.44 bits per heavy atom. The first-order valence-corrected chi connectivity index (χ1v) is 6.28. The van der Waals surface area contributed by atoms with Gasteiger partial charge in [0.05, 0.1) is 0 Å². The Kier molecular flexibility index (Phi) is 8.97. The maximum absolute atomic E-state index is 12.8. The van der Waals surface area contributed by atoms with Crippen molar-refractivity contribution in [3.63, 3.8) is 0 Å². The van der Waals surface area contributed by atoms with E-state index in [1.165, 1.54) is 12.1 Å². The molecule has 1 amide bonds. The van der Waals surface area contributed by atoms with Crippen molar-refractivity contribution < 1.29 is 9.18 Å². The van der Waals surface area contributed by atoms with Crippen molar-refractivity contribution in [1.29, 1.82) is 0 Å². The van der Waals surface area contributed by atoms with Gasteiger partial charge in [0, 0.05) is 17.4 Å². The maximum atomic E-state index is 12.8. The van der Waals surface area contributed by atoms with Crippen LogP contribution in [-0.4, -0.2) is 19.5 Å². The molecule has 0 atom stereocenters. The third-order valence-electron chi connectivity index (χ3n) is 2.32. The lowest BCUT2D eigenvalue weighted by Gasteiger charge is -2.07. The van der Waals surface area contributed by atoms with Gasteiger partial charge in [-0.1, -0.05) is 22.0 Å². The molecule has 0 heterocycles. The van der Waals surface area contributed by atoms with E-state index in [-0.39, 0.29) is 24.1 Å². The zero-order valence-electron chi connectivity index (χ0n) is 10.1. The molecule has 0 spiro atoms. The highest BCUT2D eigenvalue weighted by Gasteiger charge is 2.04. The topological polar surface area (TPSA) is 41.1 Å². The molecule has 1 rings (SSSR count). The fourth-order valence-electron chi connectivity index (χ4n) is 1.37. The Morgan fingerprint density at radius 2 is 2.17 bits per heavy atom. The minimum Gasteiger partial charge on any atom is -0.352 e. The largest absolute Gasteiger partial charge is 0.352 e. The zero-order valence-corrected chi connectivity index (χ0v) is 12.5. The SMILES string of the molecule is CNCCCC(=O)NCc1ccc(F)cc1Br.Cl. The number of nitrogens with one attached hydrogen (secondary N) is 2. The number of rotatable bonds is 6. The third kappa shape index (κ3) is 6.33. The lowest BCUT2D eigenvalue weighted by atomic mass is 10.2. The summed E-state index contributed by atoms with van der Waals surface area (Å²) in [4.78, 5) is 11.4. The Bertz CT molecular complexity index is 390. The molecule has 1 aromatic carbocycles. The number of hydrogen-bond donors (Lipinski definition) is 2. The number of hydrogen-bond acceptors (Lipinski definition) is 2. The summed E-state index contributed by atoms with van der Waals surface area (Å²) < 4.78 is 13.5. The van der Waals surface area contributed by atoms with Crippen molar-refractivity contribution in [3.05, 3.63) is 34.1 Å². The van der Waals surface area contributed by atoms with Gasteiger partial charge in [-0.05, 0) is 37.7 Å². The molecule has 0 aromatic heterocycles. The third-order valence-corrected chi connectivity index (χ3v) is 3.06. The van der Waals surface area contributed by atoms with Crippen LogP contribution in [0.2, 0.25) is 0 Å². The van der Waals surface area contributed by atoms with E-state index >= 15 is 0 Å². The predicted octanol–water partition coefficient (Wildman–Crippen LogP) is 2.63. The van der Waals surface area contributed by atoms with Gasteiger partial charge in [-0.15, -0.1) is 12.4 Å². The molecule has 0 aliphatic heterocycles. The number of halogens is 3. The minimum atomic E-state index is -0.291. The second kappa shape index (κ2) is 9.30. The highest BCUT2D eigenvalue weighted by atomic mass is 79.9. The van der Waals surface area contributed by atoms with E-state index < -0.39 is 0 Å². The van der Waals surface area contributed by atoms with Crippen LogP contribution in [0, 0.1) is 5.82 Å². The van der Waals surface area contributed by atoms with Crippen molar-refractivity contribution in [2.24, 2.45) is 0 Å². The van der Waals surface area contributed by atoms with Crippen LogP contribution in [0.25, 0.3) is 0 Å². The Balaban J connectivity index is 0.00000289. The fraction of sp³-hybridized carbons (Fsp3) is 0.417. The minimum absolute atomic E-state index is 0. The van der Waals surface area contributed by atoms with Gasteiger partial charge in [-0.25, -0.2) is 4.39 Å². The summed E-state index contributed by atoms with van der Waals surface area (Å²) >= 11 is 3.26. The molecule has 0 saturated heterocycles. The molecule has 1 aromatic rings. The second-order valence-corrected chi connectivity index (χ2v) is 4.57. The summed E-state index contributed by atoms with van der Waals surface area (Å²) in [5.74, 6) is -0.280. The molecule has 6 heteroatoms. The maximum Gasteiger partial charge on any atom is 0.220 e. The van der Waals surface area contributed by atoms with Gasteiger partial charge in [0.15, 0.2) is 0 Å². The highest BCUT2D eigenvalue weighted by molar-refractivity contribution is 9.10. The Hall–Kier alpha value is -0.650. The Labute approximate surface area is 121 Å². The van der Waals surface area contributed by atoms with Gasteiger partial charge in [0.25, 0.3) is 0 Å². The van der Waals surface area contributed by atoms with E-state index in [0.717, 1.165) is 18.5 Å². The van der Waals surface area contributed by atoms with Crippen LogP contribution < -0.4 is 10.6 Å². The van der Waals surface area contributed by atoms with Gasteiger partial charge in [0.2, 0.25) is 5.91 Å². The van der Waals surface area contributed by atoms with Crippen molar-refractivity contribution >= 4 is 34.2 Å². The molecule has 0 bridgehead atoms. The van der Waals surface area contributed by atoms with E-state index in [0.29, 0.717) is 17.4 Å². The van der Waals surface area contributed by atoms with Crippen LogP contribution in [-0.2, 0) is 11.3 Å². The van der Waals surface area contributed by atoms with Crippen LogP contribution >= 0.6 is 28.3 Å². The molecule has 0 aliphatic carbocycles. The first-order valence-electron chi connectivity index (χ1n) is 5.48. The molecule has 0 radical (unpaired) electrons. The van der Waals surface area contributed by atoms with E-state index in [4.69, 9.17) is 0 Å². The second-order valence-electron chi connectivity index (χ2n) is 3.72. The zero-order chi connectivity index (χ0) is 12.7. The van der Waals surface area contributed by atoms with Crippen LogP contribution in [0.3, 0.4) is 0 Å². The molecular formula is C12H17BrClFN2O. The first kappa shape index (κ1) is 17.4. The summed E-state index contributed by atoms with van der Waals surface area (Å²) in [6, 6.07) is 4.43. The number of amides is 1. The smallest absolute Gasteiger partial charge is 0.220 e. The molecule has 18 heavy (non-hydrogen) atoms. The van der Waals surface area contributed by atoms with E-state index in [1.807, 2.05) is 7.05 Å². The number of carbonyl (C=O) groups excluding carboxylic acids is 1. The molecule has 0 fully saturated rings. The summed E-state index contributed by atoms with van der Waals surface area (Å²) in [7, 11) is 1.85. The monoisotopic (exact) mass is 338 g/mol. The summed E-state index contributed by atoms with van der Waals surface area (Å²) in [5, 5.41) is 5.78. The quantitative estimate of drug-likeness (QED) is 0.782. The summed E-state index contributed by atoms with van der Waals surface area (Å²) in [6.07, 6.45) is 1.31. The molecule has 2 N–H and O–H groups in total. The highest BCUT2D eigenvalue weighted by Crippen LogP contribution is 2.17. The van der Waals surface area contributed by atoms with E-state index in [1.54, 1.807) is 6.07 Å². The number of benzene rings is 1. The first-order chi connectivity index (χ1) is 8.13. The van der Waals surface area contributed by atoms with Gasteiger partial charge >= 0.3 is 0 Å². The van der Waals surface area contributed by atoms with E-state index in [2.05, 4.69) is 26.6 Å². The lowest BCUT2D eigenvalue weighted by Crippen LogP contribution is -2.23. The lowest BCUT2D eigenvalue weighted by molar-refractivity contribution is -0.121. The average Bonchev–Trinajstić information content (AvgIpc) is 2.28. The number of carbonyl (C=O) groups is 1. The van der Waals surface area contributed by atoms with E-state index in [9.17, 15) is 9.18 Å². The molecule has 102 valence electrons. The van der Waals surface area contributed by atoms with Crippen LogP contribution in [0.15, 0.2) is 22.7 Å². The molecule has 3 nitrogen and oxygen atoms in total.